The summed E-state index contributed by atoms with van der Waals surface area (Å²) < 4.78 is 0. The number of carbonyl (C=O) groups excluding carboxylic acids is 1. The number of aldehydes is 1. The molecule has 9 heavy (non-hydrogen) atoms. The maximum atomic E-state index is 9.85. The molecule has 0 aromatic rings. The van der Waals surface area contributed by atoms with Crippen molar-refractivity contribution in [2.45, 2.75) is 6.92 Å². The van der Waals surface area contributed by atoms with Crippen molar-refractivity contribution in [1.29, 1.82) is 0 Å². The molecule has 2 N–H and O–H groups in total. The zero-order valence-corrected chi connectivity index (χ0v) is 5.13. The Labute approximate surface area is 53.0 Å². The van der Waals surface area contributed by atoms with Gasteiger partial charge < -0.3 is 4.84 Å². The van der Waals surface area contributed by atoms with Gasteiger partial charge in [-0.1, -0.05) is 6.58 Å². The summed E-state index contributed by atoms with van der Waals surface area (Å²) in [5.41, 5.74) is 0.0953. The zero-order chi connectivity index (χ0) is 7.28. The number of nitrogens with zero attached hydrogens (tertiary/aromatic N) is 1. The summed E-state index contributed by atoms with van der Waals surface area (Å²) in [4.78, 5) is 17.5. The first-order valence-electron chi connectivity index (χ1n) is 2.26. The normalized spacial score (nSPS) is 10.7. The van der Waals surface area contributed by atoms with Crippen LogP contribution in [0.3, 0.4) is 0 Å². The maximum absolute atomic E-state index is 9.85. The lowest BCUT2D eigenvalue weighted by Crippen LogP contribution is -2.05. The molecular formula is C5H8N2O2. The van der Waals surface area contributed by atoms with Crippen LogP contribution in [0.5, 0.6) is 0 Å². The fraction of sp³-hybridized carbons (Fsp3) is 0.200. The zero-order valence-electron chi connectivity index (χ0n) is 5.13. The number of hydrogen-bond acceptors (Lipinski definition) is 4. The average molecular weight is 128 g/mol. The third-order valence-electron chi connectivity index (χ3n) is 0.608. The molecule has 0 heterocycles. The molecule has 0 atom stereocenters. The van der Waals surface area contributed by atoms with Crippen LogP contribution in [0.15, 0.2) is 17.3 Å². The second kappa shape index (κ2) is 3.80. The van der Waals surface area contributed by atoms with Crippen LogP contribution in [0.4, 0.5) is 0 Å². The molecule has 4 nitrogen and oxygen atoms in total. The largest absolute Gasteiger partial charge is 0.396 e. The van der Waals surface area contributed by atoms with Crippen molar-refractivity contribution in [2.24, 2.45) is 10.9 Å². The van der Waals surface area contributed by atoms with Crippen LogP contribution in [0, 0.1) is 0 Å². The van der Waals surface area contributed by atoms with Crippen LogP contribution >= 0.6 is 0 Å². The Morgan fingerprint density at radius 2 is 2.44 bits per heavy atom. The summed E-state index contributed by atoms with van der Waals surface area (Å²) in [6.07, 6.45) is 0.516. The lowest BCUT2D eigenvalue weighted by atomic mass is 10.6. The Kier molecular flexibility index (Phi) is 3.31. The molecule has 0 aromatic carbocycles. The molecular weight excluding hydrogens is 120 g/mol. The van der Waals surface area contributed by atoms with Crippen LogP contribution in [0.25, 0.3) is 0 Å². The fourth-order valence-corrected chi connectivity index (χ4v) is 0.255. The van der Waals surface area contributed by atoms with E-state index >= 15 is 0 Å². The van der Waals surface area contributed by atoms with E-state index in [1.54, 1.807) is 0 Å². The standard InChI is InChI=1S/C5H8N2O2/c1-4(3-8)7-5(2)9-6/h3H,1,6H2,2H3. The van der Waals surface area contributed by atoms with Crippen LogP contribution in [-0.4, -0.2) is 12.2 Å². The molecule has 0 aliphatic rings. The molecule has 0 aliphatic heterocycles. The second-order valence-electron chi connectivity index (χ2n) is 1.36. The van der Waals surface area contributed by atoms with Gasteiger partial charge in [-0.25, -0.2) is 4.99 Å². The van der Waals surface area contributed by atoms with E-state index in [1.807, 2.05) is 0 Å². The van der Waals surface area contributed by atoms with Gasteiger partial charge in [0.2, 0.25) is 5.90 Å². The van der Waals surface area contributed by atoms with Crippen molar-refractivity contribution in [3.63, 3.8) is 0 Å². The van der Waals surface area contributed by atoms with Crippen molar-refractivity contribution in [3.8, 4) is 0 Å². The summed E-state index contributed by atoms with van der Waals surface area (Å²) in [6, 6.07) is 0. The first-order valence-corrected chi connectivity index (χ1v) is 2.26. The van der Waals surface area contributed by atoms with Gasteiger partial charge in [0.05, 0.1) is 5.70 Å². The van der Waals surface area contributed by atoms with E-state index in [1.165, 1.54) is 6.92 Å². The molecule has 50 valence electrons. The minimum absolute atomic E-state index is 0.0953. The summed E-state index contributed by atoms with van der Waals surface area (Å²) in [5, 5.41) is 0. The van der Waals surface area contributed by atoms with Gasteiger partial charge in [0, 0.05) is 6.92 Å². The molecule has 0 saturated carbocycles. The minimum Gasteiger partial charge on any atom is -0.396 e. The van der Waals surface area contributed by atoms with Gasteiger partial charge in [0.1, 0.15) is 0 Å². The van der Waals surface area contributed by atoms with Gasteiger partial charge >= 0.3 is 0 Å². The number of hydrogen-bond donors (Lipinski definition) is 1. The lowest BCUT2D eigenvalue weighted by Gasteiger charge is -1.92. The minimum atomic E-state index is 0.0953. The quantitative estimate of drug-likeness (QED) is 0.187. The van der Waals surface area contributed by atoms with Gasteiger partial charge in [0.25, 0.3) is 0 Å². The Morgan fingerprint density at radius 1 is 1.89 bits per heavy atom. The molecule has 4 heteroatoms. The van der Waals surface area contributed by atoms with Crippen LogP contribution in [-0.2, 0) is 9.63 Å². The van der Waals surface area contributed by atoms with E-state index in [4.69, 9.17) is 0 Å². The molecule has 0 aliphatic carbocycles. The highest BCUT2D eigenvalue weighted by molar-refractivity contribution is 5.81. The average Bonchev–Trinajstić information content (AvgIpc) is 1.87. The van der Waals surface area contributed by atoms with Crippen LogP contribution in [0.2, 0.25) is 0 Å². The van der Waals surface area contributed by atoms with Crippen molar-refractivity contribution < 1.29 is 9.63 Å². The molecule has 0 saturated heterocycles. The highest BCUT2D eigenvalue weighted by atomic mass is 16.6. The Hall–Kier alpha value is -1.16. The molecule has 0 rings (SSSR count). The van der Waals surface area contributed by atoms with Gasteiger partial charge in [0.15, 0.2) is 6.29 Å². The van der Waals surface area contributed by atoms with E-state index in [2.05, 4.69) is 22.3 Å². The smallest absolute Gasteiger partial charge is 0.210 e. The summed E-state index contributed by atoms with van der Waals surface area (Å²) >= 11 is 0. The van der Waals surface area contributed by atoms with Crippen molar-refractivity contribution in [3.05, 3.63) is 12.3 Å². The van der Waals surface area contributed by atoms with Gasteiger partial charge in [-0.15, -0.1) is 0 Å². The van der Waals surface area contributed by atoms with E-state index in [0.29, 0.717) is 6.29 Å². The van der Waals surface area contributed by atoms with Gasteiger partial charge in [-0.2, -0.15) is 5.90 Å². The van der Waals surface area contributed by atoms with Gasteiger partial charge in [-0.3, -0.25) is 4.79 Å². The molecule has 0 unspecified atom stereocenters. The Bertz CT molecular complexity index is 151. The van der Waals surface area contributed by atoms with Crippen molar-refractivity contribution in [2.75, 3.05) is 0 Å². The number of carbonyl (C=O) groups is 1. The third-order valence-corrected chi connectivity index (χ3v) is 0.608. The molecule has 0 aromatic heterocycles. The molecule has 0 bridgehead atoms. The van der Waals surface area contributed by atoms with E-state index in [9.17, 15) is 4.79 Å². The van der Waals surface area contributed by atoms with Gasteiger partial charge in [-0.05, 0) is 0 Å². The monoisotopic (exact) mass is 128 g/mol. The number of rotatable bonds is 2. The number of allylic oxidation sites excluding steroid dienone is 1. The molecule has 0 amide bonds. The number of nitrogens with two attached hydrogens (primary N) is 1. The Morgan fingerprint density at radius 3 is 2.78 bits per heavy atom. The highest BCUT2D eigenvalue weighted by Crippen LogP contribution is 1.86. The first-order chi connectivity index (χ1) is 4.20. The third kappa shape index (κ3) is 3.42. The summed E-state index contributed by atoms with van der Waals surface area (Å²) in [5.74, 6) is 4.90. The highest BCUT2D eigenvalue weighted by Gasteiger charge is 1.88. The predicted molar refractivity (Wildman–Crippen MR) is 33.6 cm³/mol. The van der Waals surface area contributed by atoms with Crippen LogP contribution in [0.1, 0.15) is 6.92 Å². The van der Waals surface area contributed by atoms with Crippen molar-refractivity contribution in [1.82, 2.24) is 0 Å². The maximum Gasteiger partial charge on any atom is 0.210 e. The lowest BCUT2D eigenvalue weighted by molar-refractivity contribution is -0.104. The second-order valence-corrected chi connectivity index (χ2v) is 1.36. The van der Waals surface area contributed by atoms with E-state index < -0.39 is 0 Å². The molecule has 0 spiro atoms. The van der Waals surface area contributed by atoms with E-state index in [-0.39, 0.29) is 11.6 Å². The molecule has 0 radical (unpaired) electrons. The predicted octanol–water partition coefficient (Wildman–Crippen LogP) is 0.00770. The van der Waals surface area contributed by atoms with Crippen LogP contribution < -0.4 is 5.90 Å². The summed E-state index contributed by atoms with van der Waals surface area (Å²) in [7, 11) is 0. The number of aliphatic imine (C=N–C) groups is 1. The van der Waals surface area contributed by atoms with E-state index in [0.717, 1.165) is 0 Å². The van der Waals surface area contributed by atoms with Crippen molar-refractivity contribution >= 4 is 12.2 Å². The fourth-order valence-electron chi connectivity index (χ4n) is 0.255. The topological polar surface area (TPSA) is 64.7 Å². The molecule has 0 fully saturated rings. The summed E-state index contributed by atoms with van der Waals surface area (Å²) in [6.45, 7) is 4.79. The SMILES string of the molecule is C=C(C=O)N=C(C)ON. The first kappa shape index (κ1) is 7.84. The Balaban J connectivity index is 3.94.